The van der Waals surface area contributed by atoms with E-state index in [-0.39, 0.29) is 5.56 Å². The summed E-state index contributed by atoms with van der Waals surface area (Å²) in [5.74, 6) is 0.585. The topological polar surface area (TPSA) is 62.5 Å². The highest BCUT2D eigenvalue weighted by molar-refractivity contribution is 5.92. The number of benzene rings is 2. The van der Waals surface area contributed by atoms with Crippen molar-refractivity contribution in [1.82, 2.24) is 9.78 Å². The first-order valence-electron chi connectivity index (χ1n) is 9.13. The number of hydrogen-bond donors (Lipinski definition) is 1. The normalized spacial score (nSPS) is 12.0. The van der Waals surface area contributed by atoms with Crippen LogP contribution in [0.25, 0.3) is 11.3 Å². The van der Waals surface area contributed by atoms with Crippen molar-refractivity contribution in [2.24, 2.45) is 9.98 Å². The molecule has 0 amide bonds. The van der Waals surface area contributed by atoms with Gasteiger partial charge in [-0.3, -0.25) is 14.9 Å². The molecule has 0 aliphatic carbocycles. The van der Waals surface area contributed by atoms with E-state index >= 15 is 0 Å². The molecule has 0 saturated carbocycles. The van der Waals surface area contributed by atoms with E-state index in [1.54, 1.807) is 6.21 Å². The summed E-state index contributed by atoms with van der Waals surface area (Å²) >= 11 is 0. The van der Waals surface area contributed by atoms with Crippen LogP contribution in [0.4, 0.5) is 5.69 Å². The Hall–Kier alpha value is -3.21. The van der Waals surface area contributed by atoms with E-state index in [9.17, 15) is 4.79 Å². The molecule has 0 radical (unpaired) electrons. The standard InChI is InChI=1S/C22H24N4O/c1-4-14-23-15-19-21(18-11-6-5-7-12-18)25-26(22(19)27)17(3)24-20-13-9-8-10-16(20)2/h5-13,15,25H,4,14H2,1-3H3. The molecule has 0 atom stereocenters. The summed E-state index contributed by atoms with van der Waals surface area (Å²) in [5, 5.41) is 3.21. The highest BCUT2D eigenvalue weighted by Gasteiger charge is 2.15. The van der Waals surface area contributed by atoms with E-state index in [1.165, 1.54) is 4.68 Å². The Morgan fingerprint density at radius 1 is 1.11 bits per heavy atom. The van der Waals surface area contributed by atoms with Crippen LogP contribution in [0, 0.1) is 6.92 Å². The zero-order valence-electron chi connectivity index (χ0n) is 15.9. The molecule has 0 aliphatic heterocycles. The van der Waals surface area contributed by atoms with E-state index < -0.39 is 0 Å². The van der Waals surface area contributed by atoms with Crippen molar-refractivity contribution >= 4 is 17.7 Å². The molecule has 1 heterocycles. The summed E-state index contributed by atoms with van der Waals surface area (Å²) in [4.78, 5) is 22.1. The van der Waals surface area contributed by atoms with Gasteiger partial charge >= 0.3 is 0 Å². The van der Waals surface area contributed by atoms with Crippen LogP contribution in [0.15, 0.2) is 69.4 Å². The van der Waals surface area contributed by atoms with Crippen LogP contribution in [-0.2, 0) is 0 Å². The first-order valence-corrected chi connectivity index (χ1v) is 9.13. The lowest BCUT2D eigenvalue weighted by molar-refractivity contribution is 0.897. The zero-order valence-corrected chi connectivity index (χ0v) is 15.9. The molecule has 5 nitrogen and oxygen atoms in total. The van der Waals surface area contributed by atoms with Crippen molar-refractivity contribution in [3.63, 3.8) is 0 Å². The van der Waals surface area contributed by atoms with Gasteiger partial charge in [-0.1, -0.05) is 55.5 Å². The fraction of sp³-hybridized carbons (Fsp3) is 0.227. The van der Waals surface area contributed by atoms with Crippen LogP contribution in [0.2, 0.25) is 0 Å². The number of aryl methyl sites for hydroxylation is 1. The van der Waals surface area contributed by atoms with Crippen molar-refractivity contribution in [3.05, 3.63) is 76.1 Å². The van der Waals surface area contributed by atoms with Gasteiger partial charge in [-0.05, 0) is 31.9 Å². The number of hydrogen-bond acceptors (Lipinski definition) is 3. The molecule has 3 rings (SSSR count). The summed E-state index contributed by atoms with van der Waals surface area (Å²) < 4.78 is 1.49. The first kappa shape index (κ1) is 18.6. The van der Waals surface area contributed by atoms with E-state index in [0.717, 1.165) is 28.9 Å². The van der Waals surface area contributed by atoms with Crippen LogP contribution >= 0.6 is 0 Å². The van der Waals surface area contributed by atoms with Crippen molar-refractivity contribution in [1.29, 1.82) is 0 Å². The van der Waals surface area contributed by atoms with Gasteiger partial charge in [0.25, 0.3) is 5.56 Å². The molecule has 0 fully saturated rings. The van der Waals surface area contributed by atoms with Crippen LogP contribution in [0.1, 0.15) is 31.4 Å². The van der Waals surface area contributed by atoms with Gasteiger partial charge in [0, 0.05) is 18.3 Å². The van der Waals surface area contributed by atoms with Gasteiger partial charge in [0.2, 0.25) is 0 Å². The average Bonchev–Trinajstić information content (AvgIpc) is 3.01. The third-order valence-corrected chi connectivity index (χ3v) is 4.28. The van der Waals surface area contributed by atoms with Gasteiger partial charge in [-0.25, -0.2) is 9.67 Å². The van der Waals surface area contributed by atoms with Crippen LogP contribution in [0.3, 0.4) is 0 Å². The molecule has 2 aromatic carbocycles. The molecule has 27 heavy (non-hydrogen) atoms. The number of rotatable bonds is 5. The van der Waals surface area contributed by atoms with Gasteiger partial charge < -0.3 is 0 Å². The van der Waals surface area contributed by atoms with Crippen LogP contribution in [0.5, 0.6) is 0 Å². The maximum absolute atomic E-state index is 13.0. The van der Waals surface area contributed by atoms with Gasteiger partial charge in [-0.2, -0.15) is 0 Å². The van der Waals surface area contributed by atoms with E-state index in [4.69, 9.17) is 0 Å². The monoisotopic (exact) mass is 360 g/mol. The minimum Gasteiger partial charge on any atom is -0.292 e. The van der Waals surface area contributed by atoms with Crippen LogP contribution < -0.4 is 5.56 Å². The summed E-state index contributed by atoms with van der Waals surface area (Å²) in [6, 6.07) is 17.7. The van der Waals surface area contributed by atoms with Gasteiger partial charge in [0.15, 0.2) is 0 Å². The summed E-state index contributed by atoms with van der Waals surface area (Å²) in [6.45, 7) is 6.58. The van der Waals surface area contributed by atoms with E-state index in [1.807, 2.05) is 68.4 Å². The minimum absolute atomic E-state index is 0.149. The summed E-state index contributed by atoms with van der Waals surface area (Å²) in [7, 11) is 0. The number of aromatic nitrogens is 2. The molecule has 1 N–H and O–H groups in total. The van der Waals surface area contributed by atoms with Crippen molar-refractivity contribution in [2.45, 2.75) is 27.2 Å². The molecule has 0 bridgehead atoms. The van der Waals surface area contributed by atoms with Crippen molar-refractivity contribution in [3.8, 4) is 11.3 Å². The molecule has 1 aromatic heterocycles. The van der Waals surface area contributed by atoms with E-state index in [2.05, 4.69) is 22.0 Å². The quantitative estimate of drug-likeness (QED) is 0.525. The Labute approximate surface area is 159 Å². The second-order valence-electron chi connectivity index (χ2n) is 6.39. The molecule has 5 heteroatoms. The maximum atomic E-state index is 13.0. The number of H-pyrrole nitrogens is 1. The predicted molar refractivity (Wildman–Crippen MR) is 113 cm³/mol. The smallest absolute Gasteiger partial charge is 0.281 e. The molecule has 0 spiro atoms. The summed E-state index contributed by atoms with van der Waals surface area (Å²) in [5.41, 5.74) is 4.00. The number of para-hydroxylation sites is 1. The highest BCUT2D eigenvalue weighted by Crippen LogP contribution is 2.20. The average molecular weight is 360 g/mol. The lowest BCUT2D eigenvalue weighted by atomic mass is 10.1. The number of aromatic amines is 1. The minimum atomic E-state index is -0.149. The Morgan fingerprint density at radius 3 is 2.52 bits per heavy atom. The SMILES string of the molecule is CCCN=Cc1c(-c2ccccc2)[nH]n(C(C)=Nc2ccccc2C)c1=O. The number of nitrogens with one attached hydrogen (secondary N) is 1. The molecular weight excluding hydrogens is 336 g/mol. The third kappa shape index (κ3) is 4.14. The molecular formula is C22H24N4O. The Bertz CT molecular complexity index is 1030. The maximum Gasteiger partial charge on any atom is 0.281 e. The number of aliphatic imine (C=N–C) groups is 2. The first-order chi connectivity index (χ1) is 13.1. The predicted octanol–water partition coefficient (Wildman–Crippen LogP) is 4.58. The van der Waals surface area contributed by atoms with Crippen molar-refractivity contribution < 1.29 is 0 Å². The molecule has 0 saturated heterocycles. The molecule has 138 valence electrons. The zero-order chi connectivity index (χ0) is 19.2. The van der Waals surface area contributed by atoms with Gasteiger partial charge in [0.05, 0.1) is 16.9 Å². The fourth-order valence-corrected chi connectivity index (χ4v) is 2.82. The van der Waals surface area contributed by atoms with E-state index in [0.29, 0.717) is 17.9 Å². The second kappa shape index (κ2) is 8.45. The lowest BCUT2D eigenvalue weighted by Gasteiger charge is -2.04. The van der Waals surface area contributed by atoms with Crippen molar-refractivity contribution in [2.75, 3.05) is 6.54 Å². The molecule has 0 aliphatic rings. The largest absolute Gasteiger partial charge is 0.292 e. The Kier molecular flexibility index (Phi) is 5.81. The second-order valence-corrected chi connectivity index (χ2v) is 6.39. The highest BCUT2D eigenvalue weighted by atomic mass is 16.1. The van der Waals surface area contributed by atoms with Gasteiger partial charge in [0.1, 0.15) is 5.84 Å². The molecule has 3 aromatic rings. The lowest BCUT2D eigenvalue weighted by Crippen LogP contribution is -2.24. The fourth-order valence-electron chi connectivity index (χ4n) is 2.82. The molecule has 0 unspecified atom stereocenters. The Morgan fingerprint density at radius 2 is 1.81 bits per heavy atom. The number of nitrogens with zero attached hydrogens (tertiary/aromatic N) is 3. The van der Waals surface area contributed by atoms with Crippen LogP contribution in [-0.4, -0.2) is 28.4 Å². The summed E-state index contributed by atoms with van der Waals surface area (Å²) in [6.07, 6.45) is 2.60. The third-order valence-electron chi connectivity index (χ3n) is 4.28. The Balaban J connectivity index is 2.11. The van der Waals surface area contributed by atoms with Gasteiger partial charge in [-0.15, -0.1) is 0 Å².